The number of carbonyl (C=O) groups excluding carboxylic acids is 1. The Labute approximate surface area is 159 Å². The Morgan fingerprint density at radius 2 is 1.54 bits per heavy atom. The highest BCUT2D eigenvalue weighted by Gasteiger charge is 2.10. The Balaban J connectivity index is 3.28. The van der Waals surface area contributed by atoms with E-state index in [9.17, 15) is 9.59 Å². The lowest BCUT2D eigenvalue weighted by atomic mass is 10.1. The lowest BCUT2D eigenvalue weighted by Gasteiger charge is -2.07. The third-order valence-electron chi connectivity index (χ3n) is 4.48. The van der Waals surface area contributed by atoms with Crippen molar-refractivity contribution in [2.75, 3.05) is 6.54 Å². The summed E-state index contributed by atoms with van der Waals surface area (Å²) in [6.45, 7) is 2.81. The van der Waals surface area contributed by atoms with Gasteiger partial charge in [0.1, 0.15) is 6.04 Å². The smallest absolute Gasteiger partial charge is 0.320 e. The minimum absolute atomic E-state index is 0.103. The second-order valence-corrected chi connectivity index (χ2v) is 7.06. The highest BCUT2D eigenvalue weighted by molar-refractivity contribution is 5.75. The van der Waals surface area contributed by atoms with Crippen molar-refractivity contribution in [2.24, 2.45) is 5.73 Å². The molecule has 0 aliphatic rings. The van der Waals surface area contributed by atoms with Crippen molar-refractivity contribution in [2.45, 2.75) is 103 Å². The van der Waals surface area contributed by atoms with Gasteiger partial charge < -0.3 is 16.2 Å². The van der Waals surface area contributed by atoms with E-state index in [4.69, 9.17) is 10.8 Å². The molecular formula is C21H40N2O3. The van der Waals surface area contributed by atoms with Crippen molar-refractivity contribution in [3.8, 4) is 0 Å². The van der Waals surface area contributed by atoms with Crippen molar-refractivity contribution in [3.63, 3.8) is 0 Å². The van der Waals surface area contributed by atoms with Crippen LogP contribution >= 0.6 is 0 Å². The normalized spacial score (nSPS) is 12.4. The van der Waals surface area contributed by atoms with Gasteiger partial charge in [0.05, 0.1) is 0 Å². The summed E-state index contributed by atoms with van der Waals surface area (Å²) in [6, 6.07) is -0.789. The molecular weight excluding hydrogens is 328 g/mol. The van der Waals surface area contributed by atoms with Gasteiger partial charge in [-0.3, -0.25) is 9.59 Å². The third-order valence-corrected chi connectivity index (χ3v) is 4.48. The molecule has 0 unspecified atom stereocenters. The molecule has 0 aromatic heterocycles. The lowest BCUT2D eigenvalue weighted by Crippen LogP contribution is -2.30. The maximum Gasteiger partial charge on any atom is 0.320 e. The van der Waals surface area contributed by atoms with Gasteiger partial charge in [-0.05, 0) is 44.9 Å². The van der Waals surface area contributed by atoms with E-state index in [1.807, 2.05) is 0 Å². The van der Waals surface area contributed by atoms with Crippen molar-refractivity contribution in [1.82, 2.24) is 5.32 Å². The number of nitrogens with one attached hydrogen (secondary N) is 1. The quantitative estimate of drug-likeness (QED) is 0.244. The number of amides is 1. The molecule has 0 aromatic rings. The molecule has 0 saturated heterocycles. The summed E-state index contributed by atoms with van der Waals surface area (Å²) >= 11 is 0. The molecule has 0 saturated carbocycles. The first kappa shape index (κ1) is 24.6. The van der Waals surface area contributed by atoms with Gasteiger partial charge in [0.25, 0.3) is 0 Å². The monoisotopic (exact) mass is 368 g/mol. The Hall–Kier alpha value is -1.36. The van der Waals surface area contributed by atoms with Crippen molar-refractivity contribution in [3.05, 3.63) is 12.2 Å². The van der Waals surface area contributed by atoms with Gasteiger partial charge in [-0.1, -0.05) is 57.6 Å². The van der Waals surface area contributed by atoms with E-state index < -0.39 is 12.0 Å². The molecule has 0 radical (unpaired) electrons. The molecule has 0 rings (SSSR count). The number of carboxylic acid groups (broad SMARTS) is 1. The van der Waals surface area contributed by atoms with Gasteiger partial charge in [0, 0.05) is 13.0 Å². The molecule has 152 valence electrons. The molecule has 5 nitrogen and oxygen atoms in total. The third kappa shape index (κ3) is 17.5. The predicted octanol–water partition coefficient (Wildman–Crippen LogP) is 4.55. The zero-order valence-corrected chi connectivity index (χ0v) is 16.7. The van der Waals surface area contributed by atoms with Crippen LogP contribution in [0.1, 0.15) is 96.8 Å². The van der Waals surface area contributed by atoms with Crippen LogP contribution in [0.2, 0.25) is 0 Å². The average Bonchev–Trinajstić information content (AvgIpc) is 2.62. The van der Waals surface area contributed by atoms with Crippen LogP contribution in [0.15, 0.2) is 12.2 Å². The van der Waals surface area contributed by atoms with Gasteiger partial charge in [-0.15, -0.1) is 0 Å². The summed E-state index contributed by atoms with van der Waals surface area (Å²) < 4.78 is 0. The molecule has 0 aliphatic carbocycles. The van der Waals surface area contributed by atoms with Crippen molar-refractivity contribution in [1.29, 1.82) is 0 Å². The summed E-state index contributed by atoms with van der Waals surface area (Å²) in [5, 5.41) is 11.6. The fraction of sp³-hybridized carbons (Fsp3) is 0.810. The minimum Gasteiger partial charge on any atom is -0.480 e. The van der Waals surface area contributed by atoms with E-state index in [0.717, 1.165) is 25.7 Å². The second-order valence-electron chi connectivity index (χ2n) is 7.06. The SMILES string of the molecule is CCC/C=C/CCCCCCCCCC(=O)NCCCC[C@H](N)C(=O)O. The number of hydrogen-bond donors (Lipinski definition) is 3. The Bertz CT molecular complexity index is 383. The second kappa shape index (κ2) is 18.4. The molecule has 0 aliphatic heterocycles. The predicted molar refractivity (Wildman–Crippen MR) is 108 cm³/mol. The standard InChI is InChI=1S/C21H40N2O3/c1-2-3-4-5-6-7-8-9-10-11-12-13-17-20(24)23-18-15-14-16-19(22)21(25)26/h4-5,19H,2-3,6-18,22H2,1H3,(H,23,24)(H,25,26)/b5-4+/t19-/m0/s1. The summed E-state index contributed by atoms with van der Waals surface area (Å²) in [6.07, 6.45) is 19.3. The van der Waals surface area contributed by atoms with Crippen LogP contribution in [0, 0.1) is 0 Å². The number of hydrogen-bond acceptors (Lipinski definition) is 3. The molecule has 1 amide bonds. The van der Waals surface area contributed by atoms with Gasteiger partial charge in [0.2, 0.25) is 5.91 Å². The van der Waals surface area contributed by atoms with Crippen molar-refractivity contribution >= 4 is 11.9 Å². The van der Waals surface area contributed by atoms with Crippen LogP contribution in [-0.4, -0.2) is 29.6 Å². The van der Waals surface area contributed by atoms with Gasteiger partial charge in [0.15, 0.2) is 0 Å². The van der Waals surface area contributed by atoms with Crippen LogP contribution in [-0.2, 0) is 9.59 Å². The first-order valence-corrected chi connectivity index (χ1v) is 10.5. The lowest BCUT2D eigenvalue weighted by molar-refractivity contribution is -0.138. The molecule has 0 spiro atoms. The van der Waals surface area contributed by atoms with E-state index in [2.05, 4.69) is 24.4 Å². The van der Waals surface area contributed by atoms with Crippen LogP contribution < -0.4 is 11.1 Å². The largest absolute Gasteiger partial charge is 0.480 e. The summed E-state index contributed by atoms with van der Waals surface area (Å²) in [5.41, 5.74) is 5.43. The fourth-order valence-electron chi connectivity index (χ4n) is 2.76. The maximum atomic E-state index is 11.7. The van der Waals surface area contributed by atoms with E-state index in [1.165, 1.54) is 51.4 Å². The van der Waals surface area contributed by atoms with Crippen LogP contribution in [0.5, 0.6) is 0 Å². The Morgan fingerprint density at radius 3 is 2.19 bits per heavy atom. The summed E-state index contributed by atoms with van der Waals surface area (Å²) in [5.74, 6) is -0.857. The number of carbonyl (C=O) groups is 2. The number of aliphatic carboxylic acids is 1. The molecule has 0 fully saturated rings. The van der Waals surface area contributed by atoms with Gasteiger partial charge in [-0.25, -0.2) is 0 Å². The fourth-order valence-corrected chi connectivity index (χ4v) is 2.76. The maximum absolute atomic E-state index is 11.7. The van der Waals surface area contributed by atoms with E-state index in [-0.39, 0.29) is 5.91 Å². The number of unbranched alkanes of at least 4 members (excludes halogenated alkanes) is 9. The zero-order chi connectivity index (χ0) is 19.5. The van der Waals surface area contributed by atoms with Crippen LogP contribution in [0.25, 0.3) is 0 Å². The molecule has 0 heterocycles. The molecule has 0 aromatic carbocycles. The zero-order valence-electron chi connectivity index (χ0n) is 16.7. The van der Waals surface area contributed by atoms with E-state index in [0.29, 0.717) is 19.4 Å². The minimum atomic E-state index is -0.960. The Morgan fingerprint density at radius 1 is 0.923 bits per heavy atom. The van der Waals surface area contributed by atoms with Gasteiger partial charge in [-0.2, -0.15) is 0 Å². The molecule has 0 bridgehead atoms. The topological polar surface area (TPSA) is 92.4 Å². The molecule has 1 atom stereocenters. The Kier molecular flexibility index (Phi) is 17.5. The summed E-state index contributed by atoms with van der Waals surface area (Å²) in [7, 11) is 0. The molecule has 5 heteroatoms. The molecule has 26 heavy (non-hydrogen) atoms. The van der Waals surface area contributed by atoms with Crippen molar-refractivity contribution < 1.29 is 14.7 Å². The van der Waals surface area contributed by atoms with Crippen LogP contribution in [0.4, 0.5) is 0 Å². The summed E-state index contributed by atoms with van der Waals surface area (Å²) in [4.78, 5) is 22.3. The molecule has 4 N–H and O–H groups in total. The number of carboxylic acids is 1. The van der Waals surface area contributed by atoms with E-state index >= 15 is 0 Å². The highest BCUT2D eigenvalue weighted by Crippen LogP contribution is 2.10. The highest BCUT2D eigenvalue weighted by atomic mass is 16.4. The van der Waals surface area contributed by atoms with Crippen LogP contribution in [0.3, 0.4) is 0 Å². The van der Waals surface area contributed by atoms with E-state index in [1.54, 1.807) is 0 Å². The van der Waals surface area contributed by atoms with Gasteiger partial charge >= 0.3 is 5.97 Å². The number of allylic oxidation sites excluding steroid dienone is 2. The number of rotatable bonds is 18. The average molecular weight is 369 g/mol. The first-order valence-electron chi connectivity index (χ1n) is 10.5. The first-order chi connectivity index (χ1) is 12.6. The number of nitrogens with two attached hydrogens (primary N) is 1.